The molecule has 1 aromatic carbocycles. The molecule has 2 heterocycles. The molecule has 5 nitrogen and oxygen atoms in total. The fourth-order valence-corrected chi connectivity index (χ4v) is 2.22. The molecule has 0 spiro atoms. The van der Waals surface area contributed by atoms with Gasteiger partial charge in [0.1, 0.15) is 11.5 Å². The molecule has 1 amide bonds. The van der Waals surface area contributed by atoms with Gasteiger partial charge in [-0.05, 0) is 89.7 Å². The van der Waals surface area contributed by atoms with Crippen molar-refractivity contribution in [3.8, 4) is 0 Å². The van der Waals surface area contributed by atoms with E-state index in [4.69, 9.17) is 4.52 Å². The summed E-state index contributed by atoms with van der Waals surface area (Å²) in [5.41, 5.74) is 26.8. The van der Waals surface area contributed by atoms with Gasteiger partial charge in [-0.3, -0.25) is 4.79 Å². The highest BCUT2D eigenvalue weighted by Crippen LogP contribution is 2.18. The number of aryl methyl sites for hydroxylation is 1. The van der Waals surface area contributed by atoms with E-state index in [1.54, 1.807) is 12.3 Å². The van der Waals surface area contributed by atoms with E-state index in [0.29, 0.717) is 17.1 Å². The second kappa shape index (κ2) is 13.1. The number of carbonyl (C=O) groups excluding carboxylic acids is 1. The van der Waals surface area contributed by atoms with Crippen molar-refractivity contribution in [2.45, 2.75) is 13.3 Å². The molecule has 32 heavy (non-hydrogen) atoms. The second-order valence-electron chi connectivity index (χ2n) is 5.92. The number of aromatic nitrogens is 2. The van der Waals surface area contributed by atoms with Crippen molar-refractivity contribution in [1.82, 2.24) is 10.1 Å². The summed E-state index contributed by atoms with van der Waals surface area (Å²) in [5.74, 6) is 0.369. The average Bonchev–Trinajstić information content (AvgIpc) is 3.20. The summed E-state index contributed by atoms with van der Waals surface area (Å²) in [6.07, 6.45) is 1.87. The highest BCUT2D eigenvalue weighted by Gasteiger charge is 2.12. The van der Waals surface area contributed by atoms with Crippen LogP contribution in [0.1, 0.15) is 11.3 Å². The third kappa shape index (κ3) is 8.07. The van der Waals surface area contributed by atoms with Crippen LogP contribution in [0.4, 0.5) is 5.82 Å². The first-order chi connectivity index (χ1) is 15.6. The molecular formula is C27H17N3O2. The molecular weight excluding hydrogens is 398 g/mol. The van der Waals surface area contributed by atoms with Crippen LogP contribution in [-0.4, -0.2) is 16.0 Å². The minimum absolute atomic E-state index is 0.159. The number of para-hydroxylation sites is 1. The lowest BCUT2D eigenvalue weighted by atomic mass is 10.1. The lowest BCUT2D eigenvalue weighted by molar-refractivity contribution is -0.115. The van der Waals surface area contributed by atoms with Crippen LogP contribution in [0.3, 0.4) is 0 Å². The Morgan fingerprint density at radius 3 is 2.16 bits per heavy atom. The summed E-state index contributed by atoms with van der Waals surface area (Å²) in [6.45, 7) is 8.50. The zero-order valence-electron chi connectivity index (χ0n) is 17.4. The monoisotopic (exact) mass is 415 g/mol. The van der Waals surface area contributed by atoms with Crippen molar-refractivity contribution in [3.05, 3.63) is 124 Å². The van der Waals surface area contributed by atoms with Crippen LogP contribution < -0.4 is 5.32 Å². The zero-order chi connectivity index (χ0) is 23.0. The van der Waals surface area contributed by atoms with Crippen molar-refractivity contribution < 1.29 is 9.32 Å². The quantitative estimate of drug-likeness (QED) is 0.607. The van der Waals surface area contributed by atoms with E-state index in [9.17, 15) is 4.79 Å². The van der Waals surface area contributed by atoms with Gasteiger partial charge in [0.25, 0.3) is 0 Å². The summed E-state index contributed by atoms with van der Waals surface area (Å²) in [7, 11) is 0. The van der Waals surface area contributed by atoms with Gasteiger partial charge in [-0.2, -0.15) is 0 Å². The Kier molecular flexibility index (Phi) is 9.50. The van der Waals surface area contributed by atoms with Crippen molar-refractivity contribution in [1.29, 1.82) is 0 Å². The first-order valence-corrected chi connectivity index (χ1v) is 9.24. The normalized spacial score (nSPS) is 8.03. The van der Waals surface area contributed by atoms with Crippen molar-refractivity contribution in [3.63, 3.8) is 0 Å². The number of amides is 1. The number of carbonyl (C=O) groups is 1. The number of nitrogens with zero attached hydrogens (tertiary/aromatic N) is 2. The van der Waals surface area contributed by atoms with E-state index in [1.165, 1.54) is 0 Å². The maximum atomic E-state index is 12.0. The standard InChI is InChI=1S/C15H13N3O2.C12H4/c1-10-6-7-14(16-9-10)17-15(19)8-12-11-4-2-3-5-13(11)20-18-12;1-3-5-7-9-11-12-10-8-6-4-2/h2-7,9H,8H2,1H3,(H,16,17,19);1-2H2. The van der Waals surface area contributed by atoms with Crippen LogP contribution in [0, 0.1) is 6.92 Å². The van der Waals surface area contributed by atoms with Crippen LogP contribution in [-0.2, 0) is 11.2 Å². The fraction of sp³-hybridized carbons (Fsp3) is 0.0741. The first-order valence-electron chi connectivity index (χ1n) is 9.24. The number of nitrogens with one attached hydrogen (secondary N) is 1. The fourth-order valence-electron chi connectivity index (χ4n) is 2.22. The van der Waals surface area contributed by atoms with Crippen LogP contribution in [0.25, 0.3) is 11.0 Å². The molecule has 0 unspecified atom stereocenters. The van der Waals surface area contributed by atoms with E-state index in [2.05, 4.69) is 85.9 Å². The Morgan fingerprint density at radius 2 is 1.56 bits per heavy atom. The number of fused-ring (bicyclic) bond motifs is 1. The van der Waals surface area contributed by atoms with Crippen molar-refractivity contribution in [2.24, 2.45) is 0 Å². The summed E-state index contributed by atoms with van der Waals surface area (Å²) >= 11 is 0. The summed E-state index contributed by atoms with van der Waals surface area (Å²) < 4.78 is 5.17. The smallest absolute Gasteiger partial charge is 0.231 e. The third-order valence-corrected chi connectivity index (χ3v) is 3.57. The Hall–Kier alpha value is -5.15. The molecule has 0 radical (unpaired) electrons. The number of benzene rings is 1. The van der Waals surface area contributed by atoms with Gasteiger partial charge in [-0.25, -0.2) is 4.98 Å². The van der Waals surface area contributed by atoms with Crippen molar-refractivity contribution >= 4 is 22.7 Å². The maximum absolute atomic E-state index is 12.0. The predicted octanol–water partition coefficient (Wildman–Crippen LogP) is 5.07. The minimum atomic E-state index is -0.166. The topological polar surface area (TPSA) is 68.0 Å². The Bertz CT molecular complexity index is 1430. The average molecular weight is 415 g/mol. The lowest BCUT2D eigenvalue weighted by Gasteiger charge is -2.03. The molecule has 0 aliphatic carbocycles. The highest BCUT2D eigenvalue weighted by molar-refractivity contribution is 5.93. The van der Waals surface area contributed by atoms with E-state index in [1.807, 2.05) is 37.3 Å². The van der Waals surface area contributed by atoms with Gasteiger partial charge in [-0.1, -0.05) is 34.8 Å². The molecule has 152 valence electrons. The number of rotatable bonds is 3. The van der Waals surface area contributed by atoms with Gasteiger partial charge in [0.05, 0.1) is 6.42 Å². The van der Waals surface area contributed by atoms with Crippen LogP contribution >= 0.6 is 0 Å². The molecule has 0 aliphatic heterocycles. The summed E-state index contributed by atoms with van der Waals surface area (Å²) in [5, 5.41) is 7.54. The number of anilines is 1. The van der Waals surface area contributed by atoms with E-state index in [0.717, 1.165) is 10.9 Å². The molecule has 0 fully saturated rings. The van der Waals surface area contributed by atoms with Gasteiger partial charge in [-0.15, -0.1) is 0 Å². The highest BCUT2D eigenvalue weighted by atomic mass is 16.5. The third-order valence-electron chi connectivity index (χ3n) is 3.57. The molecule has 3 aromatic rings. The Balaban J connectivity index is 0.000000262. The largest absolute Gasteiger partial charge is 0.356 e. The Morgan fingerprint density at radius 1 is 0.938 bits per heavy atom. The zero-order valence-corrected chi connectivity index (χ0v) is 17.4. The molecule has 5 heteroatoms. The van der Waals surface area contributed by atoms with Gasteiger partial charge < -0.3 is 9.84 Å². The minimum Gasteiger partial charge on any atom is -0.356 e. The molecule has 0 atom stereocenters. The molecule has 0 saturated heterocycles. The van der Waals surface area contributed by atoms with E-state index in [-0.39, 0.29) is 12.3 Å². The molecule has 0 aliphatic rings. The van der Waals surface area contributed by atoms with Crippen LogP contribution in [0.2, 0.25) is 0 Å². The second-order valence-corrected chi connectivity index (χ2v) is 5.92. The first kappa shape index (κ1) is 23.1. The molecule has 0 bridgehead atoms. The van der Waals surface area contributed by atoms with Crippen LogP contribution in [0.15, 0.2) is 118 Å². The molecule has 0 saturated carbocycles. The number of hydrogen-bond donors (Lipinski definition) is 1. The molecule has 1 N–H and O–H groups in total. The summed E-state index contributed by atoms with van der Waals surface area (Å²) in [4.78, 5) is 16.1. The predicted molar refractivity (Wildman–Crippen MR) is 122 cm³/mol. The van der Waals surface area contributed by atoms with E-state index >= 15 is 0 Å². The SMILES string of the molecule is C=C=C=C=C=C=C=C=C=C=C=C.Cc1ccc(NC(=O)Cc2noc3ccccc23)nc1. The maximum Gasteiger partial charge on any atom is 0.231 e. The summed E-state index contributed by atoms with van der Waals surface area (Å²) in [6, 6.07) is 11.1. The van der Waals surface area contributed by atoms with Gasteiger partial charge in [0.15, 0.2) is 5.58 Å². The van der Waals surface area contributed by atoms with Gasteiger partial charge in [0.2, 0.25) is 5.91 Å². The number of hydrogen-bond acceptors (Lipinski definition) is 4. The van der Waals surface area contributed by atoms with Gasteiger partial charge >= 0.3 is 0 Å². The lowest BCUT2D eigenvalue weighted by Crippen LogP contribution is -2.15. The van der Waals surface area contributed by atoms with Crippen LogP contribution in [0.5, 0.6) is 0 Å². The molecule has 2 aromatic heterocycles. The number of pyridine rings is 1. The molecule has 3 rings (SSSR count). The van der Waals surface area contributed by atoms with E-state index < -0.39 is 0 Å². The van der Waals surface area contributed by atoms with Gasteiger partial charge in [0, 0.05) is 11.6 Å². The van der Waals surface area contributed by atoms with Crippen molar-refractivity contribution in [2.75, 3.05) is 5.32 Å². The Labute approximate surface area is 185 Å².